The number of carbonyl (C=O) groups excluding carboxylic acids is 1. The number of nitrogens with zero attached hydrogens (tertiary/aromatic N) is 1. The summed E-state index contributed by atoms with van der Waals surface area (Å²) in [5, 5.41) is 10.6. The van der Waals surface area contributed by atoms with Crippen molar-refractivity contribution in [2.24, 2.45) is 5.14 Å². The summed E-state index contributed by atoms with van der Waals surface area (Å²) in [5.74, 6) is 0.399. The van der Waals surface area contributed by atoms with E-state index in [2.05, 4.69) is 15.6 Å². The lowest BCUT2D eigenvalue weighted by molar-refractivity contribution is -0.138. The number of primary sulfonamides is 1. The average molecular weight is 521 g/mol. The van der Waals surface area contributed by atoms with Gasteiger partial charge in [-0.05, 0) is 68.0 Å². The molecule has 1 aromatic heterocycles. The van der Waals surface area contributed by atoms with E-state index in [4.69, 9.17) is 21.5 Å². The number of pyridine rings is 1. The fourth-order valence-corrected chi connectivity index (χ4v) is 4.50. The molecule has 3 atom stereocenters. The van der Waals surface area contributed by atoms with Crippen LogP contribution in [0.3, 0.4) is 0 Å². The van der Waals surface area contributed by atoms with Crippen molar-refractivity contribution in [3.63, 3.8) is 0 Å². The SMILES string of the molecule is C[C@@H](CC(F)(F)F)NC(=O)OC1CCC(c2cnc(Nc3ccc(S(N)(=O)=O)cc3)c(Cl)c2)C1. The molecule has 1 saturated carbocycles. The van der Waals surface area contributed by atoms with E-state index in [0.717, 1.165) is 5.56 Å². The maximum atomic E-state index is 12.4. The highest BCUT2D eigenvalue weighted by Gasteiger charge is 2.32. The summed E-state index contributed by atoms with van der Waals surface area (Å²) >= 11 is 6.36. The van der Waals surface area contributed by atoms with Crippen molar-refractivity contribution in [2.45, 2.75) is 61.7 Å². The average Bonchev–Trinajstić information content (AvgIpc) is 3.16. The number of alkyl halides is 3. The Labute approximate surface area is 200 Å². The standard InChI is InChI=1S/C21H24ClF3N4O4S/c1-12(10-21(23,24)25)28-20(30)33-16-5-2-13(8-16)14-9-18(22)19(27-11-14)29-15-3-6-17(7-4-15)34(26,31)32/h3-4,6-7,9,11-13,16H,2,5,8,10H2,1H3,(H,27,29)(H,28,30)(H2,26,31,32)/t12-,13?,16?/m0/s1. The first-order valence-electron chi connectivity index (χ1n) is 10.4. The second-order valence-corrected chi connectivity index (χ2v) is 10.2. The van der Waals surface area contributed by atoms with Gasteiger partial charge in [0.15, 0.2) is 0 Å². The van der Waals surface area contributed by atoms with E-state index in [1.807, 2.05) is 0 Å². The second kappa shape index (κ2) is 10.4. The van der Waals surface area contributed by atoms with Crippen LogP contribution in [0.2, 0.25) is 5.02 Å². The summed E-state index contributed by atoms with van der Waals surface area (Å²) in [6.07, 6.45) is -3.37. The maximum Gasteiger partial charge on any atom is 0.407 e. The molecule has 1 amide bonds. The molecule has 1 fully saturated rings. The van der Waals surface area contributed by atoms with Gasteiger partial charge in [0.2, 0.25) is 10.0 Å². The van der Waals surface area contributed by atoms with Gasteiger partial charge in [-0.1, -0.05) is 11.6 Å². The molecule has 1 aliphatic carbocycles. The van der Waals surface area contributed by atoms with E-state index in [0.29, 0.717) is 35.8 Å². The quantitative estimate of drug-likeness (QED) is 0.480. The molecule has 2 aromatic rings. The topological polar surface area (TPSA) is 123 Å². The number of hydrogen-bond acceptors (Lipinski definition) is 6. The molecule has 13 heteroatoms. The first-order chi connectivity index (χ1) is 15.8. The summed E-state index contributed by atoms with van der Waals surface area (Å²) in [6.45, 7) is 1.27. The third kappa shape index (κ3) is 7.47. The van der Waals surface area contributed by atoms with E-state index < -0.39 is 40.9 Å². The van der Waals surface area contributed by atoms with Crippen molar-refractivity contribution in [1.82, 2.24) is 10.3 Å². The minimum Gasteiger partial charge on any atom is -0.446 e. The molecule has 0 radical (unpaired) electrons. The fraction of sp³-hybridized carbons (Fsp3) is 0.429. The van der Waals surface area contributed by atoms with E-state index >= 15 is 0 Å². The van der Waals surface area contributed by atoms with Gasteiger partial charge in [0.1, 0.15) is 11.9 Å². The van der Waals surface area contributed by atoms with Crippen LogP contribution in [-0.4, -0.2) is 37.8 Å². The first-order valence-corrected chi connectivity index (χ1v) is 12.3. The molecule has 2 unspecified atom stereocenters. The number of hydrogen-bond donors (Lipinski definition) is 3. The summed E-state index contributed by atoms with van der Waals surface area (Å²) in [4.78, 5) is 16.2. The Morgan fingerprint density at radius 2 is 1.97 bits per heavy atom. The van der Waals surface area contributed by atoms with E-state index in [1.54, 1.807) is 12.3 Å². The first kappa shape index (κ1) is 26.0. The molecule has 8 nitrogen and oxygen atoms in total. The highest BCUT2D eigenvalue weighted by Crippen LogP contribution is 2.38. The van der Waals surface area contributed by atoms with Gasteiger partial charge in [-0.15, -0.1) is 0 Å². The van der Waals surface area contributed by atoms with Crippen LogP contribution in [0.15, 0.2) is 41.4 Å². The molecule has 3 rings (SSSR count). The van der Waals surface area contributed by atoms with Gasteiger partial charge in [-0.2, -0.15) is 13.2 Å². The van der Waals surface area contributed by atoms with Crippen molar-refractivity contribution in [3.05, 3.63) is 47.1 Å². The van der Waals surface area contributed by atoms with E-state index in [9.17, 15) is 26.4 Å². The van der Waals surface area contributed by atoms with Gasteiger partial charge in [-0.3, -0.25) is 0 Å². The van der Waals surface area contributed by atoms with Crippen molar-refractivity contribution < 1.29 is 31.1 Å². The summed E-state index contributed by atoms with van der Waals surface area (Å²) in [5.41, 5.74) is 1.41. The normalized spacial score (nSPS) is 19.5. The molecule has 0 spiro atoms. The summed E-state index contributed by atoms with van der Waals surface area (Å²) in [7, 11) is -3.79. The highest BCUT2D eigenvalue weighted by atomic mass is 35.5. The van der Waals surface area contributed by atoms with Crippen LogP contribution in [0.1, 0.15) is 44.1 Å². The van der Waals surface area contributed by atoms with Crippen molar-refractivity contribution in [3.8, 4) is 0 Å². The van der Waals surface area contributed by atoms with Crippen molar-refractivity contribution in [1.29, 1.82) is 0 Å². The van der Waals surface area contributed by atoms with Gasteiger partial charge in [0.05, 0.1) is 16.3 Å². The number of amides is 1. The van der Waals surface area contributed by atoms with E-state index in [-0.39, 0.29) is 10.8 Å². The molecule has 1 heterocycles. The maximum absolute atomic E-state index is 12.4. The Balaban J connectivity index is 1.55. The molecule has 0 saturated heterocycles. The van der Waals surface area contributed by atoms with E-state index in [1.165, 1.54) is 31.2 Å². The van der Waals surface area contributed by atoms with Gasteiger partial charge in [0.25, 0.3) is 0 Å². The summed E-state index contributed by atoms with van der Waals surface area (Å²) in [6, 6.07) is 6.45. The predicted octanol–water partition coefficient (Wildman–Crippen LogP) is 4.83. The zero-order chi connectivity index (χ0) is 25.1. The zero-order valence-corrected chi connectivity index (χ0v) is 19.7. The van der Waals surface area contributed by atoms with Gasteiger partial charge in [-0.25, -0.2) is 23.3 Å². The number of nitrogens with two attached hydrogens (primary N) is 1. The lowest BCUT2D eigenvalue weighted by atomic mass is 9.99. The van der Waals surface area contributed by atoms with Gasteiger partial charge < -0.3 is 15.4 Å². The molecule has 1 aromatic carbocycles. The second-order valence-electron chi connectivity index (χ2n) is 8.20. The van der Waals surface area contributed by atoms with Crippen LogP contribution in [0.4, 0.5) is 29.5 Å². The largest absolute Gasteiger partial charge is 0.446 e. The van der Waals surface area contributed by atoms with Gasteiger partial charge in [0, 0.05) is 17.9 Å². The molecule has 4 N–H and O–H groups in total. The number of alkyl carbamates (subject to hydrolysis) is 1. The van der Waals surface area contributed by atoms with Crippen LogP contribution < -0.4 is 15.8 Å². The fourth-order valence-electron chi connectivity index (χ4n) is 3.77. The Hall–Kier alpha value is -2.57. The highest BCUT2D eigenvalue weighted by molar-refractivity contribution is 7.89. The Morgan fingerprint density at radius 1 is 1.29 bits per heavy atom. The monoisotopic (exact) mass is 520 g/mol. The number of rotatable bonds is 7. The third-order valence-corrected chi connectivity index (χ3v) is 6.56. The summed E-state index contributed by atoms with van der Waals surface area (Å²) < 4.78 is 65.2. The molecular formula is C21H24ClF3N4O4S. The van der Waals surface area contributed by atoms with Crippen LogP contribution in [0.25, 0.3) is 0 Å². The van der Waals surface area contributed by atoms with Crippen LogP contribution in [-0.2, 0) is 14.8 Å². The number of aromatic nitrogens is 1. The number of nitrogens with one attached hydrogen (secondary N) is 2. The molecule has 0 bridgehead atoms. The lowest BCUT2D eigenvalue weighted by Crippen LogP contribution is -2.37. The Kier molecular flexibility index (Phi) is 7.94. The molecule has 1 aliphatic rings. The number of carbonyl (C=O) groups is 1. The van der Waals surface area contributed by atoms with Crippen LogP contribution in [0.5, 0.6) is 0 Å². The predicted molar refractivity (Wildman–Crippen MR) is 120 cm³/mol. The number of sulfonamides is 1. The number of ether oxygens (including phenoxy) is 1. The van der Waals surface area contributed by atoms with Crippen LogP contribution in [0, 0.1) is 0 Å². The Morgan fingerprint density at radius 3 is 2.56 bits per heavy atom. The zero-order valence-electron chi connectivity index (χ0n) is 18.1. The third-order valence-electron chi connectivity index (χ3n) is 5.34. The smallest absolute Gasteiger partial charge is 0.407 e. The minimum absolute atomic E-state index is 0.0195. The number of anilines is 2. The van der Waals surface area contributed by atoms with Gasteiger partial charge >= 0.3 is 12.3 Å². The molecule has 186 valence electrons. The molecular weight excluding hydrogens is 497 g/mol. The number of halogens is 4. The molecule has 34 heavy (non-hydrogen) atoms. The van der Waals surface area contributed by atoms with Crippen LogP contribution >= 0.6 is 11.6 Å². The van der Waals surface area contributed by atoms with Crippen molar-refractivity contribution >= 4 is 39.2 Å². The van der Waals surface area contributed by atoms with Crippen molar-refractivity contribution in [2.75, 3.05) is 5.32 Å². The Bertz CT molecular complexity index is 1130. The number of benzene rings is 1. The molecule has 0 aliphatic heterocycles. The minimum atomic E-state index is -4.37. The lowest BCUT2D eigenvalue weighted by Gasteiger charge is -2.18.